The summed E-state index contributed by atoms with van der Waals surface area (Å²) in [6, 6.07) is 7.31. The lowest BCUT2D eigenvalue weighted by atomic mass is 9.94. The molecule has 1 unspecified atom stereocenters. The van der Waals surface area contributed by atoms with Crippen molar-refractivity contribution in [2.45, 2.75) is 33.2 Å². The lowest BCUT2D eigenvalue weighted by molar-refractivity contribution is 0.169. The number of benzene rings is 1. The van der Waals surface area contributed by atoms with Gasteiger partial charge in [0.1, 0.15) is 0 Å². The zero-order valence-corrected chi connectivity index (χ0v) is 11.3. The van der Waals surface area contributed by atoms with Crippen LogP contribution in [0.2, 0.25) is 0 Å². The quantitative estimate of drug-likeness (QED) is 0.862. The molecule has 0 aliphatic carbocycles. The molecule has 0 bridgehead atoms. The van der Waals surface area contributed by atoms with E-state index in [0.29, 0.717) is 6.04 Å². The maximum absolute atomic E-state index is 3.43. The lowest BCUT2D eigenvalue weighted by Crippen LogP contribution is -2.45. The summed E-state index contributed by atoms with van der Waals surface area (Å²) in [5.41, 5.74) is 4.41. The molecular formula is C15H24N2. The molecule has 1 fully saturated rings. The lowest BCUT2D eigenvalue weighted by Gasteiger charge is -2.35. The monoisotopic (exact) mass is 232 g/mol. The van der Waals surface area contributed by atoms with E-state index in [4.69, 9.17) is 0 Å². The van der Waals surface area contributed by atoms with Crippen molar-refractivity contribution < 1.29 is 0 Å². The van der Waals surface area contributed by atoms with E-state index in [-0.39, 0.29) is 0 Å². The Morgan fingerprint density at radius 2 is 1.94 bits per heavy atom. The maximum atomic E-state index is 3.43. The van der Waals surface area contributed by atoms with Gasteiger partial charge in [0.15, 0.2) is 0 Å². The highest BCUT2D eigenvalue weighted by Gasteiger charge is 2.21. The van der Waals surface area contributed by atoms with Crippen LogP contribution in [0.15, 0.2) is 18.2 Å². The third-order valence-corrected chi connectivity index (χ3v) is 3.98. The van der Waals surface area contributed by atoms with Crippen molar-refractivity contribution in [3.8, 4) is 0 Å². The Bertz CT molecular complexity index is 367. The largest absolute Gasteiger partial charge is 0.314 e. The fourth-order valence-corrected chi connectivity index (χ4v) is 2.80. The third-order valence-electron chi connectivity index (χ3n) is 3.98. The molecule has 1 aromatic carbocycles. The molecule has 0 radical (unpaired) electrons. The normalized spacial score (nSPS) is 19.2. The van der Waals surface area contributed by atoms with E-state index in [1.165, 1.54) is 36.2 Å². The van der Waals surface area contributed by atoms with Gasteiger partial charge < -0.3 is 5.32 Å². The third kappa shape index (κ3) is 2.70. The summed E-state index contributed by atoms with van der Waals surface area (Å²) in [7, 11) is 0. The van der Waals surface area contributed by atoms with Crippen molar-refractivity contribution in [2.24, 2.45) is 0 Å². The van der Waals surface area contributed by atoms with Crippen molar-refractivity contribution in [1.82, 2.24) is 10.2 Å². The first kappa shape index (κ1) is 12.6. The molecule has 1 heterocycles. The molecule has 0 amide bonds. The number of aryl methyl sites for hydroxylation is 1. The highest BCUT2D eigenvalue weighted by Crippen LogP contribution is 2.28. The van der Waals surface area contributed by atoms with Crippen LogP contribution in [0.4, 0.5) is 0 Å². The second-order valence-electron chi connectivity index (χ2n) is 5.00. The molecule has 1 aliphatic rings. The summed E-state index contributed by atoms with van der Waals surface area (Å²) < 4.78 is 0. The number of hydrogen-bond acceptors (Lipinski definition) is 2. The molecule has 1 N–H and O–H groups in total. The molecular weight excluding hydrogens is 208 g/mol. The minimum absolute atomic E-state index is 0.594. The second-order valence-corrected chi connectivity index (χ2v) is 5.00. The topological polar surface area (TPSA) is 15.3 Å². The first-order valence-corrected chi connectivity index (χ1v) is 6.75. The first-order valence-electron chi connectivity index (χ1n) is 6.75. The van der Waals surface area contributed by atoms with Gasteiger partial charge in [0.25, 0.3) is 0 Å². The summed E-state index contributed by atoms with van der Waals surface area (Å²) in [5, 5.41) is 3.43. The smallest absolute Gasteiger partial charge is 0.0349 e. The van der Waals surface area contributed by atoms with E-state index in [2.05, 4.69) is 49.2 Å². The Labute approximate surface area is 105 Å². The molecule has 0 aromatic heterocycles. The fourth-order valence-electron chi connectivity index (χ4n) is 2.80. The van der Waals surface area contributed by atoms with Crippen LogP contribution in [0.3, 0.4) is 0 Å². The van der Waals surface area contributed by atoms with Gasteiger partial charge >= 0.3 is 0 Å². The number of nitrogens with one attached hydrogen (secondary N) is 1. The zero-order chi connectivity index (χ0) is 12.3. The SMILES string of the molecule is CCC(c1cccc(C)c1C)N1CCNCC1. The number of hydrogen-bond donors (Lipinski definition) is 1. The van der Waals surface area contributed by atoms with Gasteiger partial charge in [-0.05, 0) is 37.0 Å². The summed E-state index contributed by atoms with van der Waals surface area (Å²) in [6.07, 6.45) is 1.20. The average Bonchev–Trinajstić information content (AvgIpc) is 2.37. The molecule has 94 valence electrons. The summed E-state index contributed by atoms with van der Waals surface area (Å²) in [5.74, 6) is 0. The summed E-state index contributed by atoms with van der Waals surface area (Å²) >= 11 is 0. The minimum atomic E-state index is 0.594. The predicted octanol–water partition coefficient (Wildman–Crippen LogP) is 2.66. The summed E-state index contributed by atoms with van der Waals surface area (Å²) in [4.78, 5) is 2.62. The Hall–Kier alpha value is -0.860. The standard InChI is InChI=1S/C15H24N2/c1-4-15(17-10-8-16-9-11-17)14-7-5-6-12(2)13(14)3/h5-7,15-16H,4,8-11H2,1-3H3. The van der Waals surface area contributed by atoms with Crippen molar-refractivity contribution in [3.63, 3.8) is 0 Å². The molecule has 1 aromatic rings. The molecule has 2 rings (SSSR count). The zero-order valence-electron chi connectivity index (χ0n) is 11.3. The Balaban J connectivity index is 2.24. The van der Waals surface area contributed by atoms with Crippen LogP contribution in [0.1, 0.15) is 36.1 Å². The van der Waals surface area contributed by atoms with Gasteiger partial charge in [-0.2, -0.15) is 0 Å². The van der Waals surface area contributed by atoms with Crippen LogP contribution < -0.4 is 5.32 Å². The van der Waals surface area contributed by atoms with Crippen molar-refractivity contribution in [2.75, 3.05) is 26.2 Å². The predicted molar refractivity (Wildman–Crippen MR) is 73.4 cm³/mol. The maximum Gasteiger partial charge on any atom is 0.0349 e. The van der Waals surface area contributed by atoms with Gasteiger partial charge in [0.05, 0.1) is 0 Å². The van der Waals surface area contributed by atoms with Gasteiger partial charge in [-0.25, -0.2) is 0 Å². The number of piperazine rings is 1. The van der Waals surface area contributed by atoms with Crippen LogP contribution in [-0.4, -0.2) is 31.1 Å². The highest BCUT2D eigenvalue weighted by atomic mass is 15.2. The molecule has 0 spiro atoms. The van der Waals surface area contributed by atoms with Gasteiger partial charge in [0.2, 0.25) is 0 Å². The van der Waals surface area contributed by atoms with Crippen molar-refractivity contribution in [1.29, 1.82) is 0 Å². The molecule has 1 saturated heterocycles. The van der Waals surface area contributed by atoms with E-state index in [1.54, 1.807) is 0 Å². The molecule has 0 saturated carbocycles. The van der Waals surface area contributed by atoms with Gasteiger partial charge in [-0.1, -0.05) is 25.1 Å². The van der Waals surface area contributed by atoms with Crippen molar-refractivity contribution >= 4 is 0 Å². The van der Waals surface area contributed by atoms with E-state index in [0.717, 1.165) is 13.1 Å². The van der Waals surface area contributed by atoms with Crippen molar-refractivity contribution in [3.05, 3.63) is 34.9 Å². The Kier molecular flexibility index (Phi) is 4.19. The highest BCUT2D eigenvalue weighted by molar-refractivity contribution is 5.35. The molecule has 1 aliphatic heterocycles. The van der Waals surface area contributed by atoms with Crippen LogP contribution in [0, 0.1) is 13.8 Å². The van der Waals surface area contributed by atoms with E-state index >= 15 is 0 Å². The molecule has 1 atom stereocenters. The number of nitrogens with zero attached hydrogens (tertiary/aromatic N) is 1. The van der Waals surface area contributed by atoms with Crippen LogP contribution in [-0.2, 0) is 0 Å². The molecule has 2 heteroatoms. The Morgan fingerprint density at radius 1 is 1.24 bits per heavy atom. The molecule has 2 nitrogen and oxygen atoms in total. The van der Waals surface area contributed by atoms with Gasteiger partial charge in [-0.15, -0.1) is 0 Å². The van der Waals surface area contributed by atoms with E-state index in [9.17, 15) is 0 Å². The van der Waals surface area contributed by atoms with Crippen LogP contribution in [0.25, 0.3) is 0 Å². The average molecular weight is 232 g/mol. The first-order chi connectivity index (χ1) is 8.24. The number of rotatable bonds is 3. The van der Waals surface area contributed by atoms with E-state index in [1.807, 2.05) is 0 Å². The van der Waals surface area contributed by atoms with Gasteiger partial charge in [-0.3, -0.25) is 4.90 Å². The van der Waals surface area contributed by atoms with Crippen LogP contribution in [0.5, 0.6) is 0 Å². The van der Waals surface area contributed by atoms with Crippen LogP contribution >= 0.6 is 0 Å². The Morgan fingerprint density at radius 3 is 2.59 bits per heavy atom. The van der Waals surface area contributed by atoms with E-state index < -0.39 is 0 Å². The molecule has 17 heavy (non-hydrogen) atoms. The minimum Gasteiger partial charge on any atom is -0.314 e. The fraction of sp³-hybridized carbons (Fsp3) is 0.600. The summed E-state index contributed by atoms with van der Waals surface area (Å²) in [6.45, 7) is 11.4. The van der Waals surface area contributed by atoms with Gasteiger partial charge in [0, 0.05) is 32.2 Å². The second kappa shape index (κ2) is 5.65.